The minimum absolute atomic E-state index is 0.456. The maximum atomic E-state index is 6.52. The summed E-state index contributed by atoms with van der Waals surface area (Å²) in [5.74, 6) is 0. The highest BCUT2D eigenvalue weighted by molar-refractivity contribution is 7.16. The average molecular weight is 405 g/mol. The summed E-state index contributed by atoms with van der Waals surface area (Å²) in [5.41, 5.74) is 2.40. The van der Waals surface area contributed by atoms with E-state index in [0.29, 0.717) is 6.04 Å². The van der Waals surface area contributed by atoms with Crippen molar-refractivity contribution in [2.75, 3.05) is 45.7 Å². The Balaban J connectivity index is 1.84. The van der Waals surface area contributed by atoms with E-state index in [1.54, 1.807) is 24.6 Å². The van der Waals surface area contributed by atoms with Crippen LogP contribution in [0.15, 0.2) is 18.3 Å². The number of halogens is 1. The van der Waals surface area contributed by atoms with Crippen molar-refractivity contribution in [3.8, 4) is 0 Å². The van der Waals surface area contributed by atoms with E-state index in [0.717, 1.165) is 53.3 Å². The van der Waals surface area contributed by atoms with Crippen LogP contribution in [0.3, 0.4) is 0 Å². The average Bonchev–Trinajstić information content (AvgIpc) is 2.94. The second-order valence-electron chi connectivity index (χ2n) is 7.15. The number of aromatic nitrogens is 1. The molecule has 7 heteroatoms. The van der Waals surface area contributed by atoms with Gasteiger partial charge in [-0.15, -0.1) is 11.3 Å². The predicted octanol–water partition coefficient (Wildman–Crippen LogP) is 2.08. The number of nitrogens with zero attached hydrogens (tertiary/aromatic N) is 3. The number of nitrogens with one attached hydrogen (secondary N) is 1. The molecule has 1 N–H and O–H groups in total. The van der Waals surface area contributed by atoms with Gasteiger partial charge in [-0.05, 0) is 32.5 Å². The number of fused-ring (bicyclic) bond motifs is 2. The number of thiophene rings is 1. The molecule has 1 saturated heterocycles. The highest BCUT2D eigenvalue weighted by Crippen LogP contribution is 2.35. The molecule has 2 aromatic heterocycles. The van der Waals surface area contributed by atoms with E-state index in [-0.39, 0.29) is 0 Å². The van der Waals surface area contributed by atoms with Crippen molar-refractivity contribution in [3.63, 3.8) is 0 Å². The van der Waals surface area contributed by atoms with E-state index >= 15 is 0 Å². The molecular formula is C20H25ClN4OS. The Morgan fingerprint density at radius 2 is 2.26 bits per heavy atom. The second-order valence-corrected chi connectivity index (χ2v) is 8.82. The molecule has 1 unspecified atom stereocenters. The maximum Gasteiger partial charge on any atom is 0.102 e. The first-order chi connectivity index (χ1) is 13.1. The molecule has 4 rings (SSSR count). The van der Waals surface area contributed by atoms with Crippen molar-refractivity contribution >= 4 is 39.8 Å². The topological polar surface area (TPSA) is 40.6 Å². The van der Waals surface area contributed by atoms with E-state index in [4.69, 9.17) is 21.3 Å². The first-order valence-corrected chi connectivity index (χ1v) is 10.4. The van der Waals surface area contributed by atoms with E-state index < -0.39 is 0 Å². The van der Waals surface area contributed by atoms with Crippen LogP contribution in [0.5, 0.6) is 0 Å². The monoisotopic (exact) mass is 404 g/mol. The molecule has 2 aromatic rings. The number of likely N-dealkylation sites (N-methyl/N-ethyl adjacent to an activating group) is 1. The Morgan fingerprint density at radius 3 is 3.07 bits per heavy atom. The number of ether oxygens (including phenoxy) is 1. The number of hydrogen-bond acceptors (Lipinski definition) is 6. The van der Waals surface area contributed by atoms with Crippen LogP contribution >= 0.6 is 22.9 Å². The van der Waals surface area contributed by atoms with E-state index in [9.17, 15) is 0 Å². The smallest absolute Gasteiger partial charge is 0.102 e. The van der Waals surface area contributed by atoms with Gasteiger partial charge < -0.3 is 15.0 Å². The molecule has 0 radical (unpaired) electrons. The molecule has 2 aliphatic rings. The Morgan fingerprint density at radius 1 is 1.41 bits per heavy atom. The quantitative estimate of drug-likeness (QED) is 0.844. The third-order valence-corrected chi connectivity index (χ3v) is 6.68. The molecular weight excluding hydrogens is 380 g/mol. The molecule has 0 aromatic carbocycles. The Labute approximate surface area is 168 Å². The van der Waals surface area contributed by atoms with Crippen molar-refractivity contribution in [2.24, 2.45) is 0 Å². The summed E-state index contributed by atoms with van der Waals surface area (Å²) in [6, 6.07) is 4.57. The number of aryl methyl sites for hydroxylation is 1. The van der Waals surface area contributed by atoms with E-state index in [2.05, 4.69) is 35.2 Å². The zero-order valence-electron chi connectivity index (χ0n) is 16.0. The predicted molar refractivity (Wildman–Crippen MR) is 113 cm³/mol. The number of pyridine rings is 1. The van der Waals surface area contributed by atoms with Gasteiger partial charge in [0.25, 0.3) is 0 Å². The summed E-state index contributed by atoms with van der Waals surface area (Å²) in [4.78, 5) is 10.9. The van der Waals surface area contributed by atoms with Crippen LogP contribution < -0.4 is 15.9 Å². The molecule has 1 fully saturated rings. The maximum absolute atomic E-state index is 6.52. The van der Waals surface area contributed by atoms with Gasteiger partial charge in [0.1, 0.15) is 5.00 Å². The first kappa shape index (κ1) is 18.7. The summed E-state index contributed by atoms with van der Waals surface area (Å²) in [6.07, 6.45) is 4.81. The summed E-state index contributed by atoms with van der Waals surface area (Å²) < 4.78 is 5.33. The van der Waals surface area contributed by atoms with Gasteiger partial charge in [0.2, 0.25) is 0 Å². The van der Waals surface area contributed by atoms with E-state index in [1.807, 2.05) is 12.3 Å². The standard InChI is InChI=1S/C20H25ClN4OS/c1-13-10-15-19(25-8-7-24(2)14(12-25)5-9-26-3)18-16(11-23-20(15)27-13)17(21)4-6-22-18/h4,6,10-11,14,23H,5,7-9,12H2,1-3H3. The molecule has 0 spiro atoms. The largest absolute Gasteiger partial charge is 0.385 e. The third kappa shape index (κ3) is 3.59. The Bertz CT molecular complexity index is 957. The second kappa shape index (κ2) is 7.80. The SMILES string of the molecule is COCCC1CN(C2=c3nccc(Cl)c3=CNc3sc(C)cc32)CCN1C. The lowest BCUT2D eigenvalue weighted by molar-refractivity contribution is 0.0960. The molecule has 0 bridgehead atoms. The summed E-state index contributed by atoms with van der Waals surface area (Å²) >= 11 is 8.29. The van der Waals surface area contributed by atoms with Crippen LogP contribution in [0.1, 0.15) is 16.9 Å². The van der Waals surface area contributed by atoms with Crippen molar-refractivity contribution in [1.82, 2.24) is 14.8 Å². The van der Waals surface area contributed by atoms with Crippen LogP contribution in [0.4, 0.5) is 5.00 Å². The number of rotatable bonds is 4. The van der Waals surface area contributed by atoms with Crippen molar-refractivity contribution in [2.45, 2.75) is 19.4 Å². The molecule has 1 atom stereocenters. The van der Waals surface area contributed by atoms with Crippen LogP contribution in [-0.4, -0.2) is 61.2 Å². The van der Waals surface area contributed by atoms with Gasteiger partial charge in [-0.25, -0.2) is 0 Å². The highest BCUT2D eigenvalue weighted by Gasteiger charge is 2.29. The fourth-order valence-electron chi connectivity index (χ4n) is 3.87. The fraction of sp³-hybridized carbons (Fsp3) is 0.450. The molecule has 27 heavy (non-hydrogen) atoms. The Hall–Kier alpha value is -1.60. The van der Waals surface area contributed by atoms with Gasteiger partial charge in [0.05, 0.1) is 16.1 Å². The molecule has 2 aliphatic heterocycles. The molecule has 5 nitrogen and oxygen atoms in total. The van der Waals surface area contributed by atoms with Crippen LogP contribution in [-0.2, 0) is 4.74 Å². The normalized spacial score (nSPS) is 19.8. The lowest BCUT2D eigenvalue weighted by Crippen LogP contribution is -2.52. The summed E-state index contributed by atoms with van der Waals surface area (Å²) in [5, 5.41) is 7.26. The molecule has 0 amide bonds. The molecule has 144 valence electrons. The van der Waals surface area contributed by atoms with Gasteiger partial charge in [-0.3, -0.25) is 9.88 Å². The number of anilines is 1. The molecule has 0 saturated carbocycles. The minimum atomic E-state index is 0.456. The third-order valence-electron chi connectivity index (χ3n) is 5.37. The fourth-order valence-corrected chi connectivity index (χ4v) is 4.96. The van der Waals surface area contributed by atoms with Gasteiger partial charge in [-0.1, -0.05) is 11.6 Å². The lowest BCUT2D eigenvalue weighted by Gasteiger charge is -2.41. The van der Waals surface area contributed by atoms with E-state index in [1.165, 1.54) is 16.1 Å². The number of methoxy groups -OCH3 is 1. The summed E-state index contributed by atoms with van der Waals surface area (Å²) in [6.45, 7) is 5.87. The van der Waals surface area contributed by atoms with Crippen LogP contribution in [0.2, 0.25) is 5.02 Å². The van der Waals surface area contributed by atoms with Crippen molar-refractivity contribution in [3.05, 3.63) is 44.4 Å². The van der Waals surface area contributed by atoms with Gasteiger partial charge in [-0.2, -0.15) is 0 Å². The molecule has 0 aliphatic carbocycles. The summed E-state index contributed by atoms with van der Waals surface area (Å²) in [7, 11) is 3.97. The van der Waals surface area contributed by atoms with Gasteiger partial charge >= 0.3 is 0 Å². The highest BCUT2D eigenvalue weighted by atomic mass is 35.5. The zero-order chi connectivity index (χ0) is 19.0. The van der Waals surface area contributed by atoms with Gasteiger partial charge in [0.15, 0.2) is 0 Å². The number of hydrogen-bond donors (Lipinski definition) is 1. The lowest BCUT2D eigenvalue weighted by atomic mass is 10.1. The first-order valence-electron chi connectivity index (χ1n) is 9.25. The van der Waals surface area contributed by atoms with Crippen LogP contribution in [0.25, 0.3) is 11.9 Å². The zero-order valence-corrected chi connectivity index (χ0v) is 17.5. The molecule has 4 heterocycles. The van der Waals surface area contributed by atoms with Gasteiger partial charge in [0, 0.05) is 67.4 Å². The van der Waals surface area contributed by atoms with Crippen molar-refractivity contribution < 1.29 is 4.74 Å². The Kier molecular flexibility index (Phi) is 5.41. The van der Waals surface area contributed by atoms with Crippen LogP contribution in [0, 0.1) is 6.92 Å². The number of piperazine rings is 1. The van der Waals surface area contributed by atoms with Crippen molar-refractivity contribution in [1.29, 1.82) is 0 Å². The minimum Gasteiger partial charge on any atom is -0.385 e.